The van der Waals surface area contributed by atoms with Crippen LogP contribution in [0, 0.1) is 28.4 Å². The maximum Gasteiger partial charge on any atom is 0.417 e. The van der Waals surface area contributed by atoms with E-state index in [4.69, 9.17) is 5.26 Å². The standard InChI is InChI=1S/C16H9Br2F3N4O3S/c1-7-2-10(16(19,20)21)9(5-22)15(23-7)29-6-13(26)24-14-11(17)3-8(25(27)28)4-12(14)18/h2-4H,6H2,1H3,(H,24,26). The number of nitro benzene ring substituents is 1. The fraction of sp³-hybridized carbons (Fsp3) is 0.188. The lowest BCUT2D eigenvalue weighted by atomic mass is 10.1. The zero-order valence-corrected chi connectivity index (χ0v) is 18.3. The number of aryl methyl sites for hydroxylation is 1. The molecule has 0 radical (unpaired) electrons. The SMILES string of the molecule is Cc1cc(C(F)(F)F)c(C#N)c(SCC(=O)Nc2c(Br)cc([N+](=O)[O-])cc2Br)n1. The number of benzene rings is 1. The summed E-state index contributed by atoms with van der Waals surface area (Å²) >= 11 is 6.91. The molecule has 29 heavy (non-hydrogen) atoms. The number of alkyl halides is 3. The van der Waals surface area contributed by atoms with Crippen molar-refractivity contribution in [2.45, 2.75) is 18.1 Å². The molecule has 0 bridgehead atoms. The predicted octanol–water partition coefficient (Wildman–Crippen LogP) is 5.44. The second-order valence-corrected chi connectivity index (χ2v) is 8.15. The molecule has 7 nitrogen and oxygen atoms in total. The highest BCUT2D eigenvalue weighted by molar-refractivity contribution is 9.11. The number of aromatic nitrogens is 1. The Morgan fingerprint density at radius 1 is 1.34 bits per heavy atom. The summed E-state index contributed by atoms with van der Waals surface area (Å²) in [6.45, 7) is 1.35. The highest BCUT2D eigenvalue weighted by atomic mass is 79.9. The number of hydrogen-bond donors (Lipinski definition) is 1. The van der Waals surface area contributed by atoms with Crippen LogP contribution >= 0.6 is 43.6 Å². The van der Waals surface area contributed by atoms with Crippen LogP contribution in [0.1, 0.15) is 16.8 Å². The minimum Gasteiger partial charge on any atom is -0.323 e. The number of carbonyl (C=O) groups is 1. The molecule has 0 spiro atoms. The number of nitriles is 1. The number of carbonyl (C=O) groups excluding carboxylic acids is 1. The lowest BCUT2D eigenvalue weighted by Crippen LogP contribution is -2.16. The van der Waals surface area contributed by atoms with E-state index >= 15 is 0 Å². The Balaban J connectivity index is 2.22. The van der Waals surface area contributed by atoms with Gasteiger partial charge < -0.3 is 5.32 Å². The van der Waals surface area contributed by atoms with E-state index in [1.54, 1.807) is 0 Å². The van der Waals surface area contributed by atoms with Gasteiger partial charge in [-0.15, -0.1) is 0 Å². The summed E-state index contributed by atoms with van der Waals surface area (Å²) < 4.78 is 39.9. The van der Waals surface area contributed by atoms with Crippen molar-refractivity contribution in [1.29, 1.82) is 5.26 Å². The molecule has 0 aliphatic carbocycles. The van der Waals surface area contributed by atoms with Gasteiger partial charge in [-0.2, -0.15) is 18.4 Å². The van der Waals surface area contributed by atoms with Gasteiger partial charge in [0.2, 0.25) is 5.91 Å². The van der Waals surface area contributed by atoms with Crippen molar-refractivity contribution in [3.8, 4) is 6.07 Å². The molecule has 1 aromatic heterocycles. The minimum absolute atomic E-state index is 0.0556. The fourth-order valence-corrected chi connectivity index (χ4v) is 4.38. The molecule has 0 aliphatic rings. The van der Waals surface area contributed by atoms with Crippen LogP contribution in [0.4, 0.5) is 24.5 Å². The van der Waals surface area contributed by atoms with Crippen LogP contribution in [0.3, 0.4) is 0 Å². The summed E-state index contributed by atoms with van der Waals surface area (Å²) in [6.07, 6.45) is -4.73. The van der Waals surface area contributed by atoms with Gasteiger partial charge in [0.25, 0.3) is 5.69 Å². The molecular weight excluding hydrogens is 545 g/mol. The van der Waals surface area contributed by atoms with Gasteiger partial charge in [0, 0.05) is 26.8 Å². The fourth-order valence-electron chi connectivity index (χ4n) is 2.17. The molecule has 1 heterocycles. The molecule has 1 amide bonds. The summed E-state index contributed by atoms with van der Waals surface area (Å²) in [6, 6.07) is 4.65. The minimum atomic E-state index is -4.73. The van der Waals surface area contributed by atoms with Crippen LogP contribution in [-0.2, 0) is 11.0 Å². The lowest BCUT2D eigenvalue weighted by molar-refractivity contribution is -0.385. The second-order valence-electron chi connectivity index (χ2n) is 5.48. The first-order valence-electron chi connectivity index (χ1n) is 7.49. The van der Waals surface area contributed by atoms with Gasteiger partial charge in [0.1, 0.15) is 11.1 Å². The molecule has 0 atom stereocenters. The second kappa shape index (κ2) is 9.10. The van der Waals surface area contributed by atoms with Crippen molar-refractivity contribution in [3.05, 3.63) is 54.1 Å². The van der Waals surface area contributed by atoms with Crippen molar-refractivity contribution in [2.24, 2.45) is 0 Å². The number of thioether (sulfide) groups is 1. The van der Waals surface area contributed by atoms with E-state index in [2.05, 4.69) is 42.2 Å². The number of pyridine rings is 1. The van der Waals surface area contributed by atoms with E-state index in [-0.39, 0.29) is 36.8 Å². The average Bonchev–Trinajstić information content (AvgIpc) is 2.61. The third-order valence-electron chi connectivity index (χ3n) is 3.37. The van der Waals surface area contributed by atoms with E-state index < -0.39 is 28.1 Å². The van der Waals surface area contributed by atoms with E-state index in [0.717, 1.165) is 6.07 Å². The normalized spacial score (nSPS) is 11.1. The van der Waals surface area contributed by atoms with Crippen LogP contribution in [0.15, 0.2) is 32.2 Å². The molecule has 2 aromatic rings. The maximum absolute atomic E-state index is 13.1. The van der Waals surface area contributed by atoms with E-state index in [0.29, 0.717) is 11.8 Å². The van der Waals surface area contributed by atoms with Crippen molar-refractivity contribution >= 4 is 60.9 Å². The van der Waals surface area contributed by atoms with Gasteiger partial charge in [-0.25, -0.2) is 4.98 Å². The first-order valence-corrected chi connectivity index (χ1v) is 10.1. The van der Waals surface area contributed by atoms with Crippen molar-refractivity contribution < 1.29 is 22.9 Å². The van der Waals surface area contributed by atoms with E-state index in [1.165, 1.54) is 25.1 Å². The van der Waals surface area contributed by atoms with Crippen LogP contribution in [0.25, 0.3) is 0 Å². The number of rotatable bonds is 5. The number of nitro groups is 1. The third-order valence-corrected chi connectivity index (χ3v) is 5.60. The van der Waals surface area contributed by atoms with Crippen molar-refractivity contribution in [3.63, 3.8) is 0 Å². The highest BCUT2D eigenvalue weighted by Crippen LogP contribution is 2.37. The van der Waals surface area contributed by atoms with Crippen molar-refractivity contribution in [2.75, 3.05) is 11.1 Å². The number of halogens is 5. The molecule has 0 aliphatic heterocycles. The van der Waals surface area contributed by atoms with Gasteiger partial charge in [-0.05, 0) is 44.8 Å². The molecule has 1 aromatic carbocycles. The Morgan fingerprint density at radius 2 is 1.93 bits per heavy atom. The lowest BCUT2D eigenvalue weighted by Gasteiger charge is -2.13. The van der Waals surface area contributed by atoms with Gasteiger partial charge in [0.15, 0.2) is 0 Å². The quantitative estimate of drug-likeness (QED) is 0.300. The van der Waals surface area contributed by atoms with E-state index in [1.807, 2.05) is 0 Å². The monoisotopic (exact) mass is 552 g/mol. The Kier molecular flexibility index (Phi) is 7.25. The maximum atomic E-state index is 13.1. The van der Waals surface area contributed by atoms with Crippen LogP contribution < -0.4 is 5.32 Å². The molecule has 0 saturated carbocycles. The first-order chi connectivity index (χ1) is 13.4. The first kappa shape index (κ1) is 23.1. The summed E-state index contributed by atoms with van der Waals surface area (Å²) in [5, 5.41) is 22.3. The predicted molar refractivity (Wildman–Crippen MR) is 107 cm³/mol. The summed E-state index contributed by atoms with van der Waals surface area (Å²) in [4.78, 5) is 26.4. The Bertz CT molecular complexity index is 1020. The summed E-state index contributed by atoms with van der Waals surface area (Å²) in [5.41, 5.74) is -1.71. The molecule has 152 valence electrons. The van der Waals surface area contributed by atoms with Crippen LogP contribution in [0.5, 0.6) is 0 Å². The van der Waals surface area contributed by atoms with Gasteiger partial charge in [0.05, 0.1) is 27.5 Å². The van der Waals surface area contributed by atoms with Gasteiger partial charge in [-0.1, -0.05) is 11.8 Å². The number of nitrogens with zero attached hydrogens (tertiary/aromatic N) is 3. The van der Waals surface area contributed by atoms with Gasteiger partial charge in [-0.3, -0.25) is 14.9 Å². The summed E-state index contributed by atoms with van der Waals surface area (Å²) in [7, 11) is 0. The number of non-ortho nitro benzene ring substituents is 1. The van der Waals surface area contributed by atoms with E-state index in [9.17, 15) is 28.1 Å². The molecule has 13 heteroatoms. The number of anilines is 1. The number of nitrogens with one attached hydrogen (secondary N) is 1. The largest absolute Gasteiger partial charge is 0.417 e. The average molecular weight is 554 g/mol. The molecule has 2 rings (SSSR count). The molecule has 0 fully saturated rings. The highest BCUT2D eigenvalue weighted by Gasteiger charge is 2.35. The van der Waals surface area contributed by atoms with Crippen LogP contribution in [0.2, 0.25) is 0 Å². The van der Waals surface area contributed by atoms with Crippen molar-refractivity contribution in [1.82, 2.24) is 4.98 Å². The zero-order chi connectivity index (χ0) is 21.9. The Morgan fingerprint density at radius 3 is 2.41 bits per heavy atom. The molecule has 0 unspecified atom stereocenters. The third kappa shape index (κ3) is 5.68. The van der Waals surface area contributed by atoms with Crippen LogP contribution in [-0.4, -0.2) is 21.6 Å². The Labute approximate surface area is 183 Å². The zero-order valence-electron chi connectivity index (χ0n) is 14.3. The number of hydrogen-bond acceptors (Lipinski definition) is 6. The molecular formula is C16H9Br2F3N4O3S. The number of amides is 1. The molecule has 1 N–H and O–H groups in total. The summed E-state index contributed by atoms with van der Waals surface area (Å²) in [5.74, 6) is -0.941. The molecule has 0 saturated heterocycles. The smallest absolute Gasteiger partial charge is 0.323 e. The van der Waals surface area contributed by atoms with Gasteiger partial charge >= 0.3 is 6.18 Å². The topological polar surface area (TPSA) is 109 Å². The Hall–Kier alpha value is -2.17.